The Morgan fingerprint density at radius 3 is 2.74 bits per heavy atom. The number of piperidine rings is 1. The van der Waals surface area contributed by atoms with E-state index in [4.69, 9.17) is 0 Å². The molecule has 0 radical (unpaired) electrons. The highest BCUT2D eigenvalue weighted by Crippen LogP contribution is 2.25. The number of likely N-dealkylation sites (tertiary alicyclic amines) is 1. The van der Waals surface area contributed by atoms with Crippen molar-refractivity contribution < 1.29 is 14.7 Å². The lowest BCUT2D eigenvalue weighted by atomic mass is 9.90. The summed E-state index contributed by atoms with van der Waals surface area (Å²) in [6.07, 6.45) is 3.78. The number of rotatable bonds is 2. The van der Waals surface area contributed by atoms with E-state index in [9.17, 15) is 14.7 Å². The van der Waals surface area contributed by atoms with E-state index in [1.807, 2.05) is 19.1 Å². The van der Waals surface area contributed by atoms with E-state index in [0.29, 0.717) is 25.2 Å². The van der Waals surface area contributed by atoms with E-state index in [0.717, 1.165) is 36.8 Å². The van der Waals surface area contributed by atoms with E-state index in [2.05, 4.69) is 5.32 Å². The fraction of sp³-hybridized carbons (Fsp3) is 0.556. The number of urea groups is 1. The number of anilines is 1. The molecule has 23 heavy (non-hydrogen) atoms. The van der Waals surface area contributed by atoms with Crippen LogP contribution in [0.5, 0.6) is 0 Å². The van der Waals surface area contributed by atoms with Gasteiger partial charge in [-0.25, -0.2) is 4.79 Å². The number of nitrogens with one attached hydrogen (secondary N) is 1. The fourth-order valence-electron chi connectivity index (χ4n) is 3.49. The van der Waals surface area contributed by atoms with Crippen molar-refractivity contribution in [1.82, 2.24) is 4.90 Å². The van der Waals surface area contributed by atoms with Gasteiger partial charge in [0.15, 0.2) is 5.78 Å². The van der Waals surface area contributed by atoms with Crippen LogP contribution < -0.4 is 5.32 Å². The fourth-order valence-corrected chi connectivity index (χ4v) is 3.49. The molecule has 5 nitrogen and oxygen atoms in total. The van der Waals surface area contributed by atoms with Gasteiger partial charge < -0.3 is 15.3 Å². The average Bonchev–Trinajstić information content (AvgIpc) is 2.55. The molecule has 2 aliphatic rings. The zero-order valence-corrected chi connectivity index (χ0v) is 13.5. The molecule has 0 bridgehead atoms. The molecule has 1 aliphatic carbocycles. The molecule has 1 fully saturated rings. The minimum Gasteiger partial charge on any atom is -0.393 e. The number of Topliss-reactive ketones (excluding diaryl/α,β-unsaturated/α-hetero) is 1. The Labute approximate surface area is 136 Å². The Bertz CT molecular complexity index is 604. The van der Waals surface area contributed by atoms with Gasteiger partial charge in [-0.2, -0.15) is 0 Å². The van der Waals surface area contributed by atoms with E-state index >= 15 is 0 Å². The molecule has 1 aliphatic heterocycles. The second kappa shape index (κ2) is 6.71. The van der Waals surface area contributed by atoms with Gasteiger partial charge in [-0.1, -0.05) is 6.07 Å². The molecule has 2 N–H and O–H groups in total. The summed E-state index contributed by atoms with van der Waals surface area (Å²) < 4.78 is 0. The Kier molecular flexibility index (Phi) is 4.66. The number of aliphatic hydroxyl groups is 1. The second-order valence-corrected chi connectivity index (χ2v) is 6.64. The third-order valence-electron chi connectivity index (χ3n) is 5.02. The summed E-state index contributed by atoms with van der Waals surface area (Å²) in [6, 6.07) is 5.49. The molecule has 5 heteroatoms. The first-order valence-corrected chi connectivity index (χ1v) is 8.44. The highest BCUT2D eigenvalue weighted by molar-refractivity contribution is 6.00. The minimum absolute atomic E-state index is 0.128. The first kappa shape index (κ1) is 16.0. The molecule has 1 heterocycles. The highest BCUT2D eigenvalue weighted by Gasteiger charge is 2.25. The lowest BCUT2D eigenvalue weighted by Crippen LogP contribution is -2.42. The molecule has 3 rings (SSSR count). The van der Waals surface area contributed by atoms with Crippen LogP contribution in [0.2, 0.25) is 0 Å². The molecule has 0 spiro atoms. The van der Waals surface area contributed by atoms with Gasteiger partial charge in [-0.05, 0) is 56.2 Å². The van der Waals surface area contributed by atoms with Crippen molar-refractivity contribution in [2.45, 2.75) is 45.1 Å². The molecule has 0 saturated carbocycles. The van der Waals surface area contributed by atoms with E-state index in [1.54, 1.807) is 11.0 Å². The number of benzene rings is 1. The summed E-state index contributed by atoms with van der Waals surface area (Å²) in [5, 5.41) is 12.5. The topological polar surface area (TPSA) is 69.6 Å². The van der Waals surface area contributed by atoms with Crippen LogP contribution in [0.25, 0.3) is 0 Å². The van der Waals surface area contributed by atoms with Crippen LogP contribution in [0.3, 0.4) is 0 Å². The number of aryl methyl sites for hydroxylation is 1. The highest BCUT2D eigenvalue weighted by atomic mass is 16.3. The van der Waals surface area contributed by atoms with E-state index < -0.39 is 0 Å². The third kappa shape index (κ3) is 3.55. The molecular formula is C18H24N2O3. The maximum atomic E-state index is 12.4. The van der Waals surface area contributed by atoms with Crippen LogP contribution in [-0.2, 0) is 6.42 Å². The van der Waals surface area contributed by atoms with Crippen molar-refractivity contribution in [1.29, 1.82) is 0 Å². The lowest BCUT2D eigenvalue weighted by Gasteiger charge is -2.33. The van der Waals surface area contributed by atoms with Crippen molar-refractivity contribution >= 4 is 17.5 Å². The van der Waals surface area contributed by atoms with Crippen LogP contribution in [0.1, 0.15) is 48.5 Å². The predicted octanol–water partition coefficient (Wildman–Crippen LogP) is 2.83. The van der Waals surface area contributed by atoms with Gasteiger partial charge >= 0.3 is 6.03 Å². The maximum Gasteiger partial charge on any atom is 0.321 e. The van der Waals surface area contributed by atoms with Crippen LogP contribution >= 0.6 is 0 Å². The molecule has 1 aromatic carbocycles. The van der Waals surface area contributed by atoms with Gasteiger partial charge in [0.2, 0.25) is 0 Å². The summed E-state index contributed by atoms with van der Waals surface area (Å²) >= 11 is 0. The summed E-state index contributed by atoms with van der Waals surface area (Å²) in [5.41, 5.74) is 2.51. The number of fused-ring (bicyclic) bond motifs is 1. The Hall–Kier alpha value is -1.88. The normalized spacial score (nSPS) is 20.1. The largest absolute Gasteiger partial charge is 0.393 e. The zero-order valence-electron chi connectivity index (χ0n) is 13.5. The Balaban J connectivity index is 1.62. The quantitative estimate of drug-likeness (QED) is 0.881. The smallest absolute Gasteiger partial charge is 0.321 e. The molecule has 2 amide bonds. The van der Waals surface area contributed by atoms with Crippen molar-refractivity contribution in [3.8, 4) is 0 Å². The van der Waals surface area contributed by atoms with Gasteiger partial charge in [0, 0.05) is 30.8 Å². The first-order valence-electron chi connectivity index (χ1n) is 8.44. The van der Waals surface area contributed by atoms with Crippen molar-refractivity contribution in [2.24, 2.45) is 5.92 Å². The molecule has 1 saturated heterocycles. The molecule has 0 aromatic heterocycles. The molecule has 1 atom stereocenters. The third-order valence-corrected chi connectivity index (χ3v) is 5.02. The minimum atomic E-state index is -0.313. The Morgan fingerprint density at radius 2 is 2.04 bits per heavy atom. The van der Waals surface area contributed by atoms with Gasteiger partial charge in [0.05, 0.1) is 6.10 Å². The van der Waals surface area contributed by atoms with Crippen LogP contribution in [0.15, 0.2) is 18.2 Å². The van der Waals surface area contributed by atoms with Gasteiger partial charge in [-0.3, -0.25) is 4.79 Å². The summed E-state index contributed by atoms with van der Waals surface area (Å²) in [6.45, 7) is 3.13. The predicted molar refractivity (Wildman–Crippen MR) is 88.7 cm³/mol. The number of ketones is 1. The summed E-state index contributed by atoms with van der Waals surface area (Å²) in [7, 11) is 0. The number of carbonyl (C=O) groups is 2. The van der Waals surface area contributed by atoms with Crippen LogP contribution in [-0.4, -0.2) is 41.0 Å². The number of carbonyl (C=O) groups excluding carboxylic acids is 2. The van der Waals surface area contributed by atoms with Gasteiger partial charge in [-0.15, -0.1) is 0 Å². The van der Waals surface area contributed by atoms with Crippen molar-refractivity contribution in [3.05, 3.63) is 29.3 Å². The number of hydrogen-bond donors (Lipinski definition) is 2. The molecular weight excluding hydrogens is 292 g/mol. The molecule has 1 aromatic rings. The number of aliphatic hydroxyl groups excluding tert-OH is 1. The lowest BCUT2D eigenvalue weighted by molar-refractivity contribution is 0.0820. The monoisotopic (exact) mass is 316 g/mol. The van der Waals surface area contributed by atoms with E-state index in [-0.39, 0.29) is 23.8 Å². The van der Waals surface area contributed by atoms with Gasteiger partial charge in [0.1, 0.15) is 0 Å². The molecule has 124 valence electrons. The maximum absolute atomic E-state index is 12.4. The number of amides is 2. The molecule has 1 unspecified atom stereocenters. The second-order valence-electron chi connectivity index (χ2n) is 6.64. The number of hydrogen-bond acceptors (Lipinski definition) is 3. The van der Waals surface area contributed by atoms with Crippen LogP contribution in [0, 0.1) is 5.92 Å². The Morgan fingerprint density at radius 1 is 1.30 bits per heavy atom. The SMILES string of the molecule is CC(O)C1CCN(C(=O)Nc2ccc3c(c2)C(=O)CCC3)CC1. The summed E-state index contributed by atoms with van der Waals surface area (Å²) in [5.74, 6) is 0.445. The van der Waals surface area contributed by atoms with Crippen molar-refractivity contribution in [3.63, 3.8) is 0 Å². The van der Waals surface area contributed by atoms with E-state index in [1.165, 1.54) is 0 Å². The van der Waals surface area contributed by atoms with Crippen LogP contribution in [0.4, 0.5) is 10.5 Å². The average molecular weight is 316 g/mol. The van der Waals surface area contributed by atoms with Gasteiger partial charge in [0.25, 0.3) is 0 Å². The zero-order chi connectivity index (χ0) is 16.4. The number of nitrogens with zero attached hydrogens (tertiary/aromatic N) is 1. The summed E-state index contributed by atoms with van der Waals surface area (Å²) in [4.78, 5) is 26.1. The van der Waals surface area contributed by atoms with Crippen molar-refractivity contribution in [2.75, 3.05) is 18.4 Å². The first-order chi connectivity index (χ1) is 11.0. The standard InChI is InChI=1S/C18H24N2O3/c1-12(21)13-7-9-20(10-8-13)18(23)19-15-6-5-14-3-2-4-17(22)16(14)11-15/h5-6,11-13,21H,2-4,7-10H2,1H3,(H,19,23).